The second-order valence-corrected chi connectivity index (χ2v) is 5.24. The van der Waals surface area contributed by atoms with Crippen LogP contribution in [0.5, 0.6) is 0 Å². The van der Waals surface area contributed by atoms with Gasteiger partial charge < -0.3 is 4.79 Å². The van der Waals surface area contributed by atoms with Gasteiger partial charge in [0, 0.05) is 17.8 Å². The molecule has 0 aromatic heterocycles. The lowest BCUT2D eigenvalue weighted by molar-refractivity contribution is -0.131. The molecule has 1 unspecified atom stereocenters. The molecule has 0 amide bonds. The summed E-state index contributed by atoms with van der Waals surface area (Å²) in [5.41, 5.74) is -0.383. The van der Waals surface area contributed by atoms with Crippen LogP contribution < -0.4 is 0 Å². The molecule has 0 aliphatic heterocycles. The van der Waals surface area contributed by atoms with Gasteiger partial charge in [0.1, 0.15) is 6.29 Å². The van der Waals surface area contributed by atoms with E-state index >= 15 is 0 Å². The smallest absolute Gasteiger partial charge is 0.250 e. The fourth-order valence-corrected chi connectivity index (χ4v) is 2.91. The predicted octanol–water partition coefficient (Wildman–Crippen LogP) is 3.57. The molecule has 15 heavy (non-hydrogen) atoms. The number of hydrogen-bond donors (Lipinski definition) is 0. The van der Waals surface area contributed by atoms with Crippen molar-refractivity contribution in [3.63, 3.8) is 0 Å². The molecule has 0 spiro atoms. The van der Waals surface area contributed by atoms with E-state index in [2.05, 4.69) is 0 Å². The average molecular weight is 216 g/mol. The molecule has 0 aromatic carbocycles. The van der Waals surface area contributed by atoms with Gasteiger partial charge in [-0.15, -0.1) is 0 Å². The number of alkyl halides is 2. The maximum absolute atomic E-state index is 13.6. The summed E-state index contributed by atoms with van der Waals surface area (Å²) in [6, 6.07) is 0. The van der Waals surface area contributed by atoms with Crippen molar-refractivity contribution in [3.8, 4) is 0 Å². The lowest BCUT2D eigenvalue weighted by Crippen LogP contribution is -2.40. The molecular weight excluding hydrogens is 198 g/mol. The topological polar surface area (TPSA) is 17.1 Å². The van der Waals surface area contributed by atoms with Crippen molar-refractivity contribution in [1.29, 1.82) is 0 Å². The summed E-state index contributed by atoms with van der Waals surface area (Å²) in [6.07, 6.45) is 6.18. The van der Waals surface area contributed by atoms with E-state index in [1.807, 2.05) is 0 Å². The van der Waals surface area contributed by atoms with Gasteiger partial charge in [0.25, 0.3) is 5.92 Å². The van der Waals surface area contributed by atoms with E-state index in [9.17, 15) is 13.6 Å². The van der Waals surface area contributed by atoms with Crippen molar-refractivity contribution in [2.45, 2.75) is 57.3 Å². The number of carbonyl (C=O) groups is 1. The van der Waals surface area contributed by atoms with Crippen LogP contribution in [0.25, 0.3) is 0 Å². The van der Waals surface area contributed by atoms with Crippen molar-refractivity contribution in [2.24, 2.45) is 11.3 Å². The molecule has 0 heterocycles. The highest BCUT2D eigenvalue weighted by atomic mass is 19.3. The number of carbonyl (C=O) groups excluding carboxylic acids is 1. The SMILES string of the molecule is O=CC1(CC2CCCCC2(F)F)CCC1. The van der Waals surface area contributed by atoms with Crippen LogP contribution in [-0.4, -0.2) is 12.2 Å². The molecule has 2 fully saturated rings. The Hall–Kier alpha value is -0.470. The first-order valence-corrected chi connectivity index (χ1v) is 5.92. The maximum Gasteiger partial charge on any atom is 0.250 e. The van der Waals surface area contributed by atoms with E-state index in [1.54, 1.807) is 0 Å². The van der Waals surface area contributed by atoms with Gasteiger partial charge in [-0.1, -0.05) is 12.8 Å². The van der Waals surface area contributed by atoms with Crippen LogP contribution in [-0.2, 0) is 4.79 Å². The molecule has 0 radical (unpaired) electrons. The lowest BCUT2D eigenvalue weighted by Gasteiger charge is -2.42. The standard InChI is InChI=1S/C12H18F2O/c13-12(14)7-2-1-4-10(12)8-11(9-15)5-3-6-11/h9-10H,1-8H2. The predicted molar refractivity (Wildman–Crippen MR) is 53.9 cm³/mol. The molecule has 1 atom stereocenters. The number of halogens is 2. The highest BCUT2D eigenvalue weighted by molar-refractivity contribution is 5.60. The fraction of sp³-hybridized carbons (Fsp3) is 0.917. The second-order valence-electron chi connectivity index (χ2n) is 5.24. The Labute approximate surface area is 89.2 Å². The number of hydrogen-bond acceptors (Lipinski definition) is 1. The third-order valence-electron chi connectivity index (χ3n) is 4.16. The second kappa shape index (κ2) is 3.84. The third-order valence-corrected chi connectivity index (χ3v) is 4.16. The van der Waals surface area contributed by atoms with E-state index in [1.165, 1.54) is 0 Å². The third kappa shape index (κ3) is 2.06. The van der Waals surface area contributed by atoms with Crippen molar-refractivity contribution in [1.82, 2.24) is 0 Å². The zero-order valence-corrected chi connectivity index (χ0v) is 8.98. The minimum absolute atomic E-state index is 0.0204. The van der Waals surface area contributed by atoms with Gasteiger partial charge >= 0.3 is 0 Å². The van der Waals surface area contributed by atoms with Gasteiger partial charge in [-0.3, -0.25) is 0 Å². The van der Waals surface area contributed by atoms with Crippen LogP contribution in [0.15, 0.2) is 0 Å². The summed E-state index contributed by atoms with van der Waals surface area (Å²) in [5.74, 6) is -3.07. The zero-order chi connectivity index (χ0) is 10.9. The van der Waals surface area contributed by atoms with Gasteiger partial charge in [-0.25, -0.2) is 8.78 Å². The fourth-order valence-electron chi connectivity index (χ4n) is 2.91. The van der Waals surface area contributed by atoms with Crippen molar-refractivity contribution >= 4 is 6.29 Å². The van der Waals surface area contributed by atoms with Gasteiger partial charge in [-0.05, 0) is 32.1 Å². The van der Waals surface area contributed by atoms with Gasteiger partial charge in [0.15, 0.2) is 0 Å². The van der Waals surface area contributed by atoms with E-state index in [4.69, 9.17) is 0 Å². The maximum atomic E-state index is 13.6. The Bertz CT molecular complexity index is 246. The number of aldehydes is 1. The first-order valence-electron chi connectivity index (χ1n) is 5.92. The van der Waals surface area contributed by atoms with Gasteiger partial charge in [-0.2, -0.15) is 0 Å². The Morgan fingerprint density at radius 2 is 1.87 bits per heavy atom. The Balaban J connectivity index is 2.00. The van der Waals surface area contributed by atoms with Crippen LogP contribution in [0.4, 0.5) is 8.78 Å². The van der Waals surface area contributed by atoms with Crippen molar-refractivity contribution < 1.29 is 13.6 Å². The molecular formula is C12H18F2O. The summed E-state index contributed by atoms with van der Waals surface area (Å²) in [6.45, 7) is 0. The van der Waals surface area contributed by atoms with Crippen LogP contribution in [0.2, 0.25) is 0 Å². The van der Waals surface area contributed by atoms with Crippen molar-refractivity contribution in [3.05, 3.63) is 0 Å². The number of rotatable bonds is 3. The first kappa shape index (κ1) is 11.0. The molecule has 2 saturated carbocycles. The monoisotopic (exact) mass is 216 g/mol. The molecule has 0 N–H and O–H groups in total. The molecule has 2 aliphatic carbocycles. The summed E-state index contributed by atoms with van der Waals surface area (Å²) in [4.78, 5) is 10.9. The summed E-state index contributed by atoms with van der Waals surface area (Å²) in [5, 5.41) is 0. The Morgan fingerprint density at radius 3 is 2.33 bits per heavy atom. The summed E-state index contributed by atoms with van der Waals surface area (Å²) in [7, 11) is 0. The van der Waals surface area contributed by atoms with Crippen molar-refractivity contribution in [2.75, 3.05) is 0 Å². The molecule has 2 aliphatic rings. The Kier molecular flexibility index (Phi) is 2.82. The average Bonchev–Trinajstić information content (AvgIpc) is 2.13. The van der Waals surface area contributed by atoms with Crippen LogP contribution >= 0.6 is 0 Å². The normalized spacial score (nSPS) is 33.1. The molecule has 1 nitrogen and oxygen atoms in total. The molecule has 0 bridgehead atoms. The summed E-state index contributed by atoms with van der Waals surface area (Å²) < 4.78 is 27.2. The minimum atomic E-state index is -2.52. The largest absolute Gasteiger partial charge is 0.303 e. The Morgan fingerprint density at radius 1 is 1.13 bits per heavy atom. The first-order chi connectivity index (χ1) is 7.08. The minimum Gasteiger partial charge on any atom is -0.303 e. The highest BCUT2D eigenvalue weighted by Gasteiger charge is 2.47. The lowest BCUT2D eigenvalue weighted by atomic mass is 9.63. The van der Waals surface area contributed by atoms with E-state index in [0.29, 0.717) is 19.3 Å². The zero-order valence-electron chi connectivity index (χ0n) is 8.98. The van der Waals surface area contributed by atoms with Crippen LogP contribution in [0, 0.1) is 11.3 Å². The molecule has 2 rings (SSSR count). The molecule has 3 heteroatoms. The summed E-state index contributed by atoms with van der Waals surface area (Å²) >= 11 is 0. The highest BCUT2D eigenvalue weighted by Crippen LogP contribution is 2.50. The van der Waals surface area contributed by atoms with E-state index in [-0.39, 0.29) is 11.8 Å². The van der Waals surface area contributed by atoms with E-state index < -0.39 is 11.8 Å². The quantitative estimate of drug-likeness (QED) is 0.659. The van der Waals surface area contributed by atoms with Gasteiger partial charge in [0.2, 0.25) is 0 Å². The van der Waals surface area contributed by atoms with Crippen LogP contribution in [0.1, 0.15) is 51.4 Å². The van der Waals surface area contributed by atoms with Crippen LogP contribution in [0.3, 0.4) is 0 Å². The van der Waals surface area contributed by atoms with Gasteiger partial charge in [0.05, 0.1) is 0 Å². The van der Waals surface area contributed by atoms with E-state index in [0.717, 1.165) is 32.0 Å². The molecule has 0 aromatic rings. The molecule has 86 valence electrons. The molecule has 0 saturated heterocycles.